The van der Waals surface area contributed by atoms with Crippen LogP contribution in [-0.2, 0) is 0 Å². The number of para-hydroxylation sites is 3. The Balaban J connectivity index is 0.532. The lowest BCUT2D eigenvalue weighted by Gasteiger charge is -2.24. The van der Waals surface area contributed by atoms with Gasteiger partial charge < -0.3 is 26.8 Å². The van der Waals surface area contributed by atoms with Crippen molar-refractivity contribution in [3.8, 4) is 78.9 Å². The van der Waals surface area contributed by atoms with Crippen LogP contribution in [0.25, 0.3) is 210 Å². The summed E-state index contributed by atoms with van der Waals surface area (Å²) in [6, 6.07) is 123. The predicted octanol–water partition coefficient (Wildman–Crippen LogP) is 27.2. The lowest BCUT2D eigenvalue weighted by molar-refractivity contribution is 0.668. The SMILES string of the molecule is C=C1C(c2cccc(-c3ccc(-c4ccc5c(c4)oc4c5ccc5c4c4ccccc4n5-c4ccc5oc6cc(-c7nc(-c8ccccc8)nc(-c8cccc(-c9ccccc9)c8)n7)ccc6c5c4)cc3)c2)=NC(c2ccc3c(c2)oc2ccc(-n4c5ccccc5c5ccc6c7ccccc7oc6c54)cc23)=NC1c1ccccc1. The van der Waals surface area contributed by atoms with Crippen molar-refractivity contribution in [3.05, 3.63) is 381 Å². The summed E-state index contributed by atoms with van der Waals surface area (Å²) in [4.78, 5) is 26.0. The molecule has 0 bridgehead atoms. The minimum absolute atomic E-state index is 0.374. The normalized spacial score (nSPS) is 13.4. The number of furan rings is 4. The fourth-order valence-corrected chi connectivity index (χ4v) is 17.7. The Morgan fingerprint density at radius 1 is 0.261 bits per heavy atom. The quantitative estimate of drug-likeness (QED) is 0.126. The molecule has 23 aromatic rings. The zero-order valence-corrected chi connectivity index (χ0v) is 61.5. The Labute approximate surface area is 656 Å². The Kier molecular flexibility index (Phi) is 14.1. The third-order valence-corrected chi connectivity index (χ3v) is 23.2. The number of amidine groups is 1. The highest BCUT2D eigenvalue weighted by atomic mass is 16.3. The summed E-state index contributed by atoms with van der Waals surface area (Å²) < 4.78 is 31.9. The Bertz CT molecular complexity index is 8120. The third-order valence-electron chi connectivity index (χ3n) is 23.2. The molecule has 0 spiro atoms. The number of aliphatic imine (C=N–C) groups is 2. The van der Waals surface area contributed by atoms with E-state index in [0.717, 1.165) is 221 Å². The zero-order valence-electron chi connectivity index (χ0n) is 61.5. The van der Waals surface area contributed by atoms with Gasteiger partial charge >= 0.3 is 0 Å². The maximum atomic E-state index is 7.09. The zero-order chi connectivity index (χ0) is 75.5. The maximum Gasteiger partial charge on any atom is 0.164 e. The van der Waals surface area contributed by atoms with Crippen LogP contribution in [0.5, 0.6) is 0 Å². The summed E-state index contributed by atoms with van der Waals surface area (Å²) >= 11 is 0. The molecule has 16 aromatic carbocycles. The first-order valence-corrected chi connectivity index (χ1v) is 38.6. The van der Waals surface area contributed by atoms with E-state index in [1.165, 1.54) is 0 Å². The largest absolute Gasteiger partial charge is 0.456 e. The second-order valence-electron chi connectivity index (χ2n) is 29.8. The van der Waals surface area contributed by atoms with Crippen molar-refractivity contribution in [3.63, 3.8) is 0 Å². The molecule has 1 atom stereocenters. The van der Waals surface area contributed by atoms with Crippen LogP contribution in [-0.4, -0.2) is 35.6 Å². The molecule has 0 saturated carbocycles. The van der Waals surface area contributed by atoms with E-state index in [4.69, 9.17) is 49.2 Å². The summed E-state index contributed by atoms with van der Waals surface area (Å²) in [5.41, 5.74) is 26.3. The van der Waals surface area contributed by atoms with Crippen molar-refractivity contribution >= 4 is 143 Å². The molecular formula is C104H61N7O4. The topological polar surface area (TPSA) is 126 Å². The Morgan fingerprint density at radius 3 is 1.40 bits per heavy atom. The van der Waals surface area contributed by atoms with Crippen molar-refractivity contribution in [1.82, 2.24) is 24.1 Å². The predicted molar refractivity (Wildman–Crippen MR) is 468 cm³/mol. The summed E-state index contributed by atoms with van der Waals surface area (Å²) in [5, 5.41) is 12.8. The van der Waals surface area contributed by atoms with Gasteiger partial charge in [-0.1, -0.05) is 237 Å². The number of hydrogen-bond donors (Lipinski definition) is 0. The van der Waals surface area contributed by atoms with E-state index in [9.17, 15) is 0 Å². The van der Waals surface area contributed by atoms with Gasteiger partial charge in [-0.05, 0) is 160 Å². The molecule has 1 unspecified atom stereocenters. The highest BCUT2D eigenvalue weighted by molar-refractivity contribution is 6.26. The number of hydrogen-bond acceptors (Lipinski definition) is 9. The first-order chi connectivity index (χ1) is 56.9. The van der Waals surface area contributed by atoms with Gasteiger partial charge in [-0.3, -0.25) is 4.99 Å². The molecule has 0 aliphatic carbocycles. The average molecular weight is 1470 g/mol. The van der Waals surface area contributed by atoms with Crippen molar-refractivity contribution in [2.45, 2.75) is 6.04 Å². The van der Waals surface area contributed by atoms with E-state index < -0.39 is 0 Å². The molecule has 0 saturated heterocycles. The van der Waals surface area contributed by atoms with Gasteiger partial charge in [0.2, 0.25) is 0 Å². The first kappa shape index (κ1) is 64.3. The highest BCUT2D eigenvalue weighted by Crippen LogP contribution is 2.46. The molecule has 7 aromatic heterocycles. The fraction of sp³-hybridized carbons (Fsp3) is 0.00962. The smallest absolute Gasteiger partial charge is 0.164 e. The van der Waals surface area contributed by atoms with Crippen LogP contribution in [0, 0.1) is 0 Å². The standard InChI is InChI=1S/C104H61N7O4/c1-60-96(64-21-7-3-8-22-64)105-102(71-40-45-79-85-59-74(43-52-91(85)113-92(79)56-71)111-86-32-14-11-29-75(86)80-47-48-82-76-30-13-16-34-89(76)114-100(82)98(80)111)106-97(60)69-27-17-25-66(53-69)62-35-37-63(38-36-62)68-39-44-77-81-49-50-88-95(99(81)115-94(77)55-68)83-31-12-15-33-87(83)110(88)73-42-51-90-84(58-73)78-46-41-72(57-93(78)112-90)104-108-101(65-23-9-4-10-24-65)107-103(109-104)70-28-18-26-67(54-70)61-19-5-2-6-20-61/h2-59,96H,1H2. The molecule has 1 aliphatic rings. The molecular weight excluding hydrogens is 1410 g/mol. The summed E-state index contributed by atoms with van der Waals surface area (Å²) in [6.07, 6.45) is 0. The third kappa shape index (κ3) is 10.3. The van der Waals surface area contributed by atoms with E-state index in [1.54, 1.807) is 0 Å². The second kappa shape index (κ2) is 25.2. The van der Waals surface area contributed by atoms with Crippen molar-refractivity contribution in [1.29, 1.82) is 0 Å². The first-order valence-electron chi connectivity index (χ1n) is 38.6. The van der Waals surface area contributed by atoms with E-state index in [0.29, 0.717) is 23.3 Å². The van der Waals surface area contributed by atoms with Gasteiger partial charge in [-0.25, -0.2) is 19.9 Å². The highest BCUT2D eigenvalue weighted by Gasteiger charge is 2.29. The molecule has 0 fully saturated rings. The molecule has 0 radical (unpaired) electrons. The lowest BCUT2D eigenvalue weighted by Crippen LogP contribution is -2.20. The molecule has 1 aliphatic heterocycles. The fourth-order valence-electron chi connectivity index (χ4n) is 17.7. The number of rotatable bonds is 11. The van der Waals surface area contributed by atoms with E-state index in [1.807, 2.05) is 60.7 Å². The summed E-state index contributed by atoms with van der Waals surface area (Å²) in [7, 11) is 0. The van der Waals surface area contributed by atoms with Crippen molar-refractivity contribution in [2.24, 2.45) is 9.98 Å². The minimum Gasteiger partial charge on any atom is -0.456 e. The van der Waals surface area contributed by atoms with Crippen LogP contribution in [0.2, 0.25) is 0 Å². The number of nitrogens with zero attached hydrogens (tertiary/aromatic N) is 7. The molecule has 115 heavy (non-hydrogen) atoms. The average Bonchev–Trinajstić information content (AvgIpc) is 1.56. The monoisotopic (exact) mass is 1470 g/mol. The summed E-state index contributed by atoms with van der Waals surface area (Å²) in [5.74, 6) is 2.35. The van der Waals surface area contributed by atoms with E-state index >= 15 is 0 Å². The molecule has 11 nitrogen and oxygen atoms in total. The molecule has 536 valence electrons. The number of benzene rings is 16. The second-order valence-corrected chi connectivity index (χ2v) is 29.8. The van der Waals surface area contributed by atoms with Crippen LogP contribution < -0.4 is 0 Å². The van der Waals surface area contributed by atoms with Crippen LogP contribution >= 0.6 is 0 Å². The number of aromatic nitrogens is 5. The van der Waals surface area contributed by atoms with E-state index in [-0.39, 0.29) is 6.04 Å². The molecule has 24 rings (SSSR count). The maximum absolute atomic E-state index is 7.09. The van der Waals surface area contributed by atoms with E-state index in [2.05, 4.69) is 300 Å². The van der Waals surface area contributed by atoms with Gasteiger partial charge in [0, 0.05) is 104 Å². The van der Waals surface area contributed by atoms with Crippen LogP contribution in [0.3, 0.4) is 0 Å². The van der Waals surface area contributed by atoms with Gasteiger partial charge in [-0.15, -0.1) is 0 Å². The van der Waals surface area contributed by atoms with Gasteiger partial charge in [0.15, 0.2) is 28.9 Å². The van der Waals surface area contributed by atoms with Crippen LogP contribution in [0.1, 0.15) is 22.7 Å². The van der Waals surface area contributed by atoms with Gasteiger partial charge in [0.1, 0.15) is 45.1 Å². The van der Waals surface area contributed by atoms with Crippen LogP contribution in [0.4, 0.5) is 0 Å². The van der Waals surface area contributed by atoms with Crippen LogP contribution in [0.15, 0.2) is 392 Å². The van der Waals surface area contributed by atoms with Crippen molar-refractivity contribution in [2.75, 3.05) is 0 Å². The molecule has 0 N–H and O–H groups in total. The number of fused-ring (bicyclic) bond motifs is 20. The van der Waals surface area contributed by atoms with Crippen molar-refractivity contribution < 1.29 is 17.7 Å². The minimum atomic E-state index is -0.374. The van der Waals surface area contributed by atoms with Gasteiger partial charge in [-0.2, -0.15) is 0 Å². The molecule has 8 heterocycles. The Hall–Kier alpha value is -15.6. The summed E-state index contributed by atoms with van der Waals surface area (Å²) in [6.45, 7) is 4.72. The molecule has 0 amide bonds. The van der Waals surface area contributed by atoms with Gasteiger partial charge in [0.25, 0.3) is 0 Å². The Morgan fingerprint density at radius 2 is 0.696 bits per heavy atom. The lowest BCUT2D eigenvalue weighted by atomic mass is 9.90. The van der Waals surface area contributed by atoms with Gasteiger partial charge in [0.05, 0.1) is 33.2 Å². The molecule has 11 heteroatoms.